The zero-order chi connectivity index (χ0) is 12.4. The van der Waals surface area contributed by atoms with Gasteiger partial charge in [0.25, 0.3) is 0 Å². The normalized spacial score (nSPS) is 26.1. The van der Waals surface area contributed by atoms with Crippen LogP contribution in [-0.4, -0.2) is 22.6 Å². The summed E-state index contributed by atoms with van der Waals surface area (Å²) in [6, 6.07) is 6.13. The van der Waals surface area contributed by atoms with Gasteiger partial charge in [-0.15, -0.1) is 0 Å². The highest BCUT2D eigenvalue weighted by Gasteiger charge is 2.23. The van der Waals surface area contributed by atoms with Gasteiger partial charge in [-0.3, -0.25) is 4.90 Å². The summed E-state index contributed by atoms with van der Waals surface area (Å²) >= 11 is 3.55. The monoisotopic (exact) mass is 297 g/mol. The Labute approximate surface area is 112 Å². The standard InChI is InChI=1S/C14H20BrNO/c1-10-3-4-11(2)16(8-10)9-12-7-13(17)5-6-14(12)15/h5-7,10-11,17H,3-4,8-9H2,1-2H3. The molecule has 0 aromatic heterocycles. The highest BCUT2D eigenvalue weighted by atomic mass is 79.9. The molecule has 1 aromatic carbocycles. The first kappa shape index (κ1) is 12.9. The third kappa shape index (κ3) is 3.23. The van der Waals surface area contributed by atoms with E-state index in [1.54, 1.807) is 6.07 Å². The number of piperidine rings is 1. The summed E-state index contributed by atoms with van der Waals surface area (Å²) in [6.45, 7) is 6.68. The molecule has 0 saturated carbocycles. The van der Waals surface area contributed by atoms with Crippen LogP contribution < -0.4 is 0 Å². The molecule has 0 aliphatic carbocycles. The van der Waals surface area contributed by atoms with Gasteiger partial charge in [-0.1, -0.05) is 22.9 Å². The molecule has 2 rings (SSSR count). The van der Waals surface area contributed by atoms with Crippen LogP contribution in [0.2, 0.25) is 0 Å². The molecule has 94 valence electrons. The van der Waals surface area contributed by atoms with Crippen molar-refractivity contribution in [2.45, 2.75) is 39.3 Å². The number of halogens is 1. The van der Waals surface area contributed by atoms with E-state index >= 15 is 0 Å². The van der Waals surface area contributed by atoms with Crippen LogP contribution in [0.25, 0.3) is 0 Å². The molecular weight excluding hydrogens is 278 g/mol. The Morgan fingerprint density at radius 2 is 2.12 bits per heavy atom. The Bertz CT molecular complexity index is 394. The van der Waals surface area contributed by atoms with Crippen molar-refractivity contribution in [3.8, 4) is 5.75 Å². The number of nitrogens with zero attached hydrogens (tertiary/aromatic N) is 1. The van der Waals surface area contributed by atoms with Gasteiger partial charge in [0.15, 0.2) is 0 Å². The van der Waals surface area contributed by atoms with E-state index in [1.165, 1.54) is 18.4 Å². The minimum atomic E-state index is 0.348. The lowest BCUT2D eigenvalue weighted by Crippen LogP contribution is -2.40. The number of hydrogen-bond acceptors (Lipinski definition) is 2. The van der Waals surface area contributed by atoms with Crippen molar-refractivity contribution < 1.29 is 5.11 Å². The van der Waals surface area contributed by atoms with Gasteiger partial charge in [0.05, 0.1) is 0 Å². The quantitative estimate of drug-likeness (QED) is 0.898. The third-order valence-corrected chi connectivity index (χ3v) is 4.42. The summed E-state index contributed by atoms with van der Waals surface area (Å²) in [4.78, 5) is 2.51. The molecule has 0 amide bonds. The van der Waals surface area contributed by atoms with Crippen molar-refractivity contribution in [1.82, 2.24) is 4.90 Å². The summed E-state index contributed by atoms with van der Waals surface area (Å²) in [5, 5.41) is 9.55. The van der Waals surface area contributed by atoms with Crippen molar-refractivity contribution >= 4 is 15.9 Å². The number of benzene rings is 1. The molecule has 1 saturated heterocycles. The molecule has 2 atom stereocenters. The molecule has 2 unspecified atom stereocenters. The number of likely N-dealkylation sites (tertiary alicyclic amines) is 1. The van der Waals surface area contributed by atoms with Crippen molar-refractivity contribution in [1.29, 1.82) is 0 Å². The Morgan fingerprint density at radius 3 is 2.88 bits per heavy atom. The second kappa shape index (κ2) is 5.40. The van der Waals surface area contributed by atoms with E-state index in [9.17, 15) is 5.11 Å². The number of rotatable bonds is 2. The second-order valence-corrected chi connectivity index (χ2v) is 6.09. The molecule has 0 spiro atoms. The van der Waals surface area contributed by atoms with E-state index in [0.717, 1.165) is 23.5 Å². The first-order valence-electron chi connectivity index (χ1n) is 6.27. The largest absolute Gasteiger partial charge is 0.508 e. The second-order valence-electron chi connectivity index (χ2n) is 5.24. The Hall–Kier alpha value is -0.540. The lowest BCUT2D eigenvalue weighted by Gasteiger charge is -2.37. The number of phenolic OH excluding ortho intramolecular Hbond substituents is 1. The molecule has 17 heavy (non-hydrogen) atoms. The van der Waals surface area contributed by atoms with E-state index in [1.807, 2.05) is 12.1 Å². The molecule has 0 radical (unpaired) electrons. The summed E-state index contributed by atoms with van der Waals surface area (Å²) < 4.78 is 1.08. The topological polar surface area (TPSA) is 23.5 Å². The lowest BCUT2D eigenvalue weighted by atomic mass is 9.94. The van der Waals surface area contributed by atoms with E-state index < -0.39 is 0 Å². The first-order valence-corrected chi connectivity index (χ1v) is 7.07. The van der Waals surface area contributed by atoms with Gasteiger partial charge in [-0.25, -0.2) is 0 Å². The number of phenols is 1. The summed E-state index contributed by atoms with van der Waals surface area (Å²) in [6.07, 6.45) is 2.61. The Balaban J connectivity index is 2.11. The van der Waals surface area contributed by atoms with Crippen LogP contribution in [0.15, 0.2) is 22.7 Å². The van der Waals surface area contributed by atoms with Gasteiger partial charge >= 0.3 is 0 Å². The smallest absolute Gasteiger partial charge is 0.115 e. The Morgan fingerprint density at radius 1 is 1.35 bits per heavy atom. The molecule has 3 heteroatoms. The van der Waals surface area contributed by atoms with Gasteiger partial charge in [-0.05, 0) is 49.4 Å². The van der Waals surface area contributed by atoms with Crippen molar-refractivity contribution in [3.05, 3.63) is 28.2 Å². The SMILES string of the molecule is CC1CCC(C)N(Cc2cc(O)ccc2Br)C1. The Kier molecular flexibility index (Phi) is 4.10. The van der Waals surface area contributed by atoms with Crippen LogP contribution >= 0.6 is 15.9 Å². The number of hydrogen-bond donors (Lipinski definition) is 1. The molecule has 1 aliphatic heterocycles. The van der Waals surface area contributed by atoms with Gasteiger partial charge in [-0.2, -0.15) is 0 Å². The molecule has 0 bridgehead atoms. The van der Waals surface area contributed by atoms with Crippen LogP contribution in [0.3, 0.4) is 0 Å². The van der Waals surface area contributed by atoms with Crippen LogP contribution in [0.4, 0.5) is 0 Å². The number of aromatic hydroxyl groups is 1. The highest BCUT2D eigenvalue weighted by Crippen LogP contribution is 2.27. The fourth-order valence-electron chi connectivity index (χ4n) is 2.50. The highest BCUT2D eigenvalue weighted by molar-refractivity contribution is 9.10. The van der Waals surface area contributed by atoms with Crippen molar-refractivity contribution in [2.24, 2.45) is 5.92 Å². The average Bonchev–Trinajstić information content (AvgIpc) is 2.28. The van der Waals surface area contributed by atoms with Crippen LogP contribution in [-0.2, 0) is 6.54 Å². The van der Waals surface area contributed by atoms with Crippen LogP contribution in [0.1, 0.15) is 32.3 Å². The maximum absolute atomic E-state index is 9.55. The summed E-state index contributed by atoms with van der Waals surface area (Å²) in [7, 11) is 0. The molecule has 1 aliphatic rings. The molecule has 2 nitrogen and oxygen atoms in total. The summed E-state index contributed by atoms with van der Waals surface area (Å²) in [5.41, 5.74) is 1.17. The fraction of sp³-hybridized carbons (Fsp3) is 0.571. The fourth-order valence-corrected chi connectivity index (χ4v) is 2.87. The zero-order valence-electron chi connectivity index (χ0n) is 10.5. The van der Waals surface area contributed by atoms with Gasteiger partial charge in [0.2, 0.25) is 0 Å². The zero-order valence-corrected chi connectivity index (χ0v) is 12.1. The predicted octanol–water partition coefficient (Wildman–Crippen LogP) is 3.78. The van der Waals surface area contributed by atoms with Crippen molar-refractivity contribution in [3.63, 3.8) is 0 Å². The average molecular weight is 298 g/mol. The maximum Gasteiger partial charge on any atom is 0.115 e. The maximum atomic E-state index is 9.55. The molecule has 1 fully saturated rings. The lowest BCUT2D eigenvalue weighted by molar-refractivity contribution is 0.117. The van der Waals surface area contributed by atoms with Gasteiger partial charge in [0, 0.05) is 23.6 Å². The van der Waals surface area contributed by atoms with E-state index in [2.05, 4.69) is 34.7 Å². The first-order chi connectivity index (χ1) is 8.06. The van der Waals surface area contributed by atoms with Crippen molar-refractivity contribution in [2.75, 3.05) is 6.54 Å². The molecule has 1 aromatic rings. The minimum absolute atomic E-state index is 0.348. The van der Waals surface area contributed by atoms with E-state index in [-0.39, 0.29) is 0 Å². The van der Waals surface area contributed by atoms with E-state index in [4.69, 9.17) is 0 Å². The van der Waals surface area contributed by atoms with Gasteiger partial charge in [0.1, 0.15) is 5.75 Å². The van der Waals surface area contributed by atoms with Crippen LogP contribution in [0.5, 0.6) is 5.75 Å². The molecule has 1 N–H and O–H groups in total. The molecular formula is C14H20BrNO. The van der Waals surface area contributed by atoms with E-state index in [0.29, 0.717) is 11.8 Å². The third-order valence-electron chi connectivity index (χ3n) is 3.65. The van der Waals surface area contributed by atoms with Gasteiger partial charge < -0.3 is 5.11 Å². The minimum Gasteiger partial charge on any atom is -0.508 e. The van der Waals surface area contributed by atoms with Crippen LogP contribution in [0, 0.1) is 5.92 Å². The molecule has 1 heterocycles. The summed E-state index contributed by atoms with van der Waals surface area (Å²) in [5.74, 6) is 1.13. The predicted molar refractivity (Wildman–Crippen MR) is 74.1 cm³/mol.